The van der Waals surface area contributed by atoms with Crippen LogP contribution in [0.15, 0.2) is 5.38 Å². The molecule has 0 amide bonds. The third kappa shape index (κ3) is 2.82. The minimum Gasteiger partial charge on any atom is -0.461 e. The first-order valence-electron chi connectivity index (χ1n) is 7.65. The highest BCUT2D eigenvalue weighted by molar-refractivity contribution is 7.13. The zero-order valence-electron chi connectivity index (χ0n) is 12.0. The van der Waals surface area contributed by atoms with Gasteiger partial charge in [-0.3, -0.25) is 0 Å². The fourth-order valence-corrected chi connectivity index (χ4v) is 4.31. The van der Waals surface area contributed by atoms with Gasteiger partial charge >= 0.3 is 5.97 Å². The van der Waals surface area contributed by atoms with Gasteiger partial charge in [0.05, 0.1) is 6.61 Å². The topological polar surface area (TPSA) is 42.4 Å². The molecule has 0 spiro atoms. The van der Waals surface area contributed by atoms with Crippen LogP contribution in [0.25, 0.3) is 0 Å². The first kappa shape index (κ1) is 13.9. The lowest BCUT2D eigenvalue weighted by molar-refractivity contribution is 0.0520. The Morgan fingerprint density at radius 3 is 3.00 bits per heavy atom. The number of ether oxygens (including phenoxy) is 1. The lowest BCUT2D eigenvalue weighted by atomic mass is 9.75. The molecule has 1 aliphatic heterocycles. The van der Waals surface area contributed by atoms with Crippen molar-refractivity contribution in [1.29, 1.82) is 0 Å². The van der Waals surface area contributed by atoms with E-state index in [1.165, 1.54) is 32.1 Å². The molecule has 1 saturated carbocycles. The van der Waals surface area contributed by atoms with Gasteiger partial charge < -0.3 is 9.64 Å². The van der Waals surface area contributed by atoms with Crippen LogP contribution in [0.4, 0.5) is 5.13 Å². The van der Waals surface area contributed by atoms with Gasteiger partial charge in [0.15, 0.2) is 10.8 Å². The Hall–Kier alpha value is -1.10. The van der Waals surface area contributed by atoms with E-state index in [0.29, 0.717) is 12.3 Å². The molecule has 0 N–H and O–H groups in total. The van der Waals surface area contributed by atoms with Crippen LogP contribution >= 0.6 is 11.3 Å². The standard InChI is InChI=1S/C15H22N2O2S/c1-2-19-14(18)13-10-20-15(16-13)17-8-7-11-5-3-4-6-12(11)9-17/h10-12H,2-9H2,1H3. The number of carbonyl (C=O) groups is 1. The Balaban J connectivity index is 1.66. The number of aromatic nitrogens is 1. The number of fused-ring (bicyclic) bond motifs is 1. The highest BCUT2D eigenvalue weighted by Crippen LogP contribution is 2.38. The lowest BCUT2D eigenvalue weighted by Gasteiger charge is -2.41. The van der Waals surface area contributed by atoms with Crippen molar-refractivity contribution in [3.63, 3.8) is 0 Å². The Morgan fingerprint density at radius 1 is 1.40 bits per heavy atom. The molecule has 2 fully saturated rings. The Morgan fingerprint density at radius 2 is 2.20 bits per heavy atom. The molecule has 2 unspecified atom stereocenters. The number of hydrogen-bond acceptors (Lipinski definition) is 5. The van der Waals surface area contributed by atoms with Gasteiger partial charge in [-0.1, -0.05) is 19.3 Å². The molecular formula is C15H22N2O2S. The van der Waals surface area contributed by atoms with E-state index in [1.807, 2.05) is 12.3 Å². The van der Waals surface area contributed by atoms with E-state index < -0.39 is 0 Å². The van der Waals surface area contributed by atoms with E-state index in [-0.39, 0.29) is 5.97 Å². The molecule has 1 aliphatic carbocycles. The molecule has 2 aliphatic rings. The van der Waals surface area contributed by atoms with Crippen molar-refractivity contribution in [1.82, 2.24) is 4.98 Å². The monoisotopic (exact) mass is 294 g/mol. The fraction of sp³-hybridized carbons (Fsp3) is 0.733. The van der Waals surface area contributed by atoms with Gasteiger partial charge in [-0.2, -0.15) is 0 Å². The predicted molar refractivity (Wildman–Crippen MR) is 80.3 cm³/mol. The number of esters is 1. The van der Waals surface area contributed by atoms with E-state index in [9.17, 15) is 4.79 Å². The van der Waals surface area contributed by atoms with Crippen LogP contribution in [-0.4, -0.2) is 30.6 Å². The van der Waals surface area contributed by atoms with Crippen LogP contribution < -0.4 is 4.90 Å². The largest absolute Gasteiger partial charge is 0.461 e. The van der Waals surface area contributed by atoms with Gasteiger partial charge in [-0.05, 0) is 31.6 Å². The first-order valence-corrected chi connectivity index (χ1v) is 8.53. The number of anilines is 1. The number of carbonyl (C=O) groups excluding carboxylic acids is 1. The fourth-order valence-electron chi connectivity index (χ4n) is 3.48. The molecule has 1 aromatic heterocycles. The van der Waals surface area contributed by atoms with Gasteiger partial charge in [0.2, 0.25) is 0 Å². The zero-order chi connectivity index (χ0) is 13.9. The number of rotatable bonds is 3. The molecular weight excluding hydrogens is 272 g/mol. The van der Waals surface area contributed by atoms with Crippen molar-refractivity contribution in [2.24, 2.45) is 11.8 Å². The summed E-state index contributed by atoms with van der Waals surface area (Å²) in [5, 5.41) is 2.80. The van der Waals surface area contributed by atoms with Gasteiger partial charge in [-0.25, -0.2) is 9.78 Å². The molecule has 110 valence electrons. The second-order valence-electron chi connectivity index (χ2n) is 5.78. The van der Waals surface area contributed by atoms with E-state index in [1.54, 1.807) is 11.3 Å². The molecule has 5 heteroatoms. The summed E-state index contributed by atoms with van der Waals surface area (Å²) in [5.41, 5.74) is 0.456. The summed E-state index contributed by atoms with van der Waals surface area (Å²) in [6.07, 6.45) is 6.83. The third-order valence-electron chi connectivity index (χ3n) is 4.54. The molecule has 0 radical (unpaired) electrons. The van der Waals surface area contributed by atoms with Crippen LogP contribution in [0.5, 0.6) is 0 Å². The quantitative estimate of drug-likeness (QED) is 0.802. The summed E-state index contributed by atoms with van der Waals surface area (Å²) in [6.45, 7) is 4.41. The summed E-state index contributed by atoms with van der Waals surface area (Å²) >= 11 is 1.56. The van der Waals surface area contributed by atoms with E-state index in [2.05, 4.69) is 9.88 Å². The smallest absolute Gasteiger partial charge is 0.357 e. The normalized spacial score (nSPS) is 26.1. The van der Waals surface area contributed by atoms with Crippen LogP contribution in [0.1, 0.15) is 49.5 Å². The van der Waals surface area contributed by atoms with Gasteiger partial charge in [0.1, 0.15) is 0 Å². The summed E-state index contributed by atoms with van der Waals surface area (Å²) in [4.78, 5) is 18.5. The van der Waals surface area contributed by atoms with Crippen LogP contribution in [0.3, 0.4) is 0 Å². The molecule has 0 bridgehead atoms. The summed E-state index contributed by atoms with van der Waals surface area (Å²) in [6, 6.07) is 0. The third-order valence-corrected chi connectivity index (χ3v) is 5.44. The Bertz CT molecular complexity index is 474. The maximum absolute atomic E-state index is 11.7. The molecule has 2 atom stereocenters. The summed E-state index contributed by atoms with van der Waals surface area (Å²) in [7, 11) is 0. The van der Waals surface area contributed by atoms with E-state index in [4.69, 9.17) is 4.74 Å². The highest BCUT2D eigenvalue weighted by Gasteiger charge is 2.32. The number of thiazole rings is 1. The van der Waals surface area contributed by atoms with Crippen LogP contribution in [-0.2, 0) is 4.74 Å². The summed E-state index contributed by atoms with van der Waals surface area (Å²) in [5.74, 6) is 1.44. The van der Waals surface area contributed by atoms with Crippen molar-refractivity contribution in [3.8, 4) is 0 Å². The first-order chi connectivity index (χ1) is 9.78. The minimum atomic E-state index is -0.303. The molecule has 1 aromatic rings. The highest BCUT2D eigenvalue weighted by atomic mass is 32.1. The maximum atomic E-state index is 11.7. The van der Waals surface area contributed by atoms with Crippen molar-refractivity contribution >= 4 is 22.4 Å². The van der Waals surface area contributed by atoms with Crippen molar-refractivity contribution in [2.75, 3.05) is 24.6 Å². The predicted octanol–water partition coefficient (Wildman–Crippen LogP) is 3.34. The van der Waals surface area contributed by atoms with E-state index in [0.717, 1.165) is 30.1 Å². The molecule has 4 nitrogen and oxygen atoms in total. The SMILES string of the molecule is CCOC(=O)c1csc(N2CCC3CCCCC3C2)n1. The average Bonchev–Trinajstić information content (AvgIpc) is 2.97. The minimum absolute atomic E-state index is 0.303. The second-order valence-corrected chi connectivity index (χ2v) is 6.61. The molecule has 0 aromatic carbocycles. The number of piperidine rings is 1. The van der Waals surface area contributed by atoms with Gasteiger partial charge in [0, 0.05) is 18.5 Å². The van der Waals surface area contributed by atoms with Gasteiger partial charge in [-0.15, -0.1) is 11.3 Å². The number of nitrogens with zero attached hydrogens (tertiary/aromatic N) is 2. The number of hydrogen-bond donors (Lipinski definition) is 0. The molecule has 3 rings (SSSR count). The van der Waals surface area contributed by atoms with Crippen LogP contribution in [0, 0.1) is 11.8 Å². The van der Waals surface area contributed by atoms with E-state index >= 15 is 0 Å². The van der Waals surface area contributed by atoms with Crippen molar-refractivity contribution < 1.29 is 9.53 Å². The maximum Gasteiger partial charge on any atom is 0.357 e. The van der Waals surface area contributed by atoms with Crippen molar-refractivity contribution in [3.05, 3.63) is 11.1 Å². The zero-order valence-corrected chi connectivity index (χ0v) is 12.8. The lowest BCUT2D eigenvalue weighted by Crippen LogP contribution is -2.41. The molecule has 2 heterocycles. The Kier molecular flexibility index (Phi) is 4.24. The van der Waals surface area contributed by atoms with Crippen molar-refractivity contribution in [2.45, 2.75) is 39.0 Å². The molecule has 1 saturated heterocycles. The average molecular weight is 294 g/mol. The Labute approximate surface area is 124 Å². The van der Waals surface area contributed by atoms with Crippen LogP contribution in [0.2, 0.25) is 0 Å². The molecule has 20 heavy (non-hydrogen) atoms. The second kappa shape index (κ2) is 6.12. The summed E-state index contributed by atoms with van der Waals surface area (Å²) < 4.78 is 5.00. The van der Waals surface area contributed by atoms with Gasteiger partial charge in [0.25, 0.3) is 0 Å².